The Kier molecular flexibility index (Phi) is 2.44. The minimum atomic E-state index is -0.296. The molecule has 1 aromatic rings. The predicted octanol–water partition coefficient (Wildman–Crippen LogP) is 2.79. The number of hydrogen-bond acceptors (Lipinski definition) is 3. The van der Waals surface area contributed by atoms with Gasteiger partial charge >= 0.3 is 0 Å². The fraction of sp³-hybridized carbons (Fsp3) is 0.500. The van der Waals surface area contributed by atoms with E-state index in [1.807, 2.05) is 18.2 Å². The summed E-state index contributed by atoms with van der Waals surface area (Å²) in [6.45, 7) is 1.20. The van der Waals surface area contributed by atoms with Gasteiger partial charge in [0.1, 0.15) is 13.2 Å². The first-order valence-electron chi connectivity index (χ1n) is 6.15. The SMILES string of the molecule is N#CC1(c2ccc3c(c2)OCCO3)CCCC1. The van der Waals surface area contributed by atoms with Gasteiger partial charge in [-0.2, -0.15) is 5.26 Å². The Morgan fingerprint density at radius 1 is 1.06 bits per heavy atom. The van der Waals surface area contributed by atoms with Crippen molar-refractivity contribution in [1.82, 2.24) is 0 Å². The molecule has 3 nitrogen and oxygen atoms in total. The van der Waals surface area contributed by atoms with Crippen LogP contribution in [0.25, 0.3) is 0 Å². The molecule has 0 radical (unpaired) electrons. The van der Waals surface area contributed by atoms with Crippen LogP contribution in [0.1, 0.15) is 31.2 Å². The summed E-state index contributed by atoms with van der Waals surface area (Å²) in [4.78, 5) is 0. The van der Waals surface area contributed by atoms with Crippen molar-refractivity contribution in [2.24, 2.45) is 0 Å². The van der Waals surface area contributed by atoms with Crippen LogP contribution in [0.2, 0.25) is 0 Å². The van der Waals surface area contributed by atoms with Crippen molar-refractivity contribution in [3.05, 3.63) is 23.8 Å². The number of benzene rings is 1. The zero-order valence-electron chi connectivity index (χ0n) is 9.74. The summed E-state index contributed by atoms with van der Waals surface area (Å²) in [6, 6.07) is 8.44. The maximum Gasteiger partial charge on any atom is 0.161 e. The number of nitriles is 1. The third-order valence-corrected chi connectivity index (χ3v) is 3.77. The molecule has 0 aromatic heterocycles. The fourth-order valence-electron chi connectivity index (χ4n) is 2.78. The first-order chi connectivity index (χ1) is 8.34. The Morgan fingerprint density at radius 3 is 2.47 bits per heavy atom. The van der Waals surface area contributed by atoms with Crippen LogP contribution < -0.4 is 9.47 Å². The lowest BCUT2D eigenvalue weighted by Gasteiger charge is -2.24. The van der Waals surface area contributed by atoms with E-state index in [-0.39, 0.29) is 5.41 Å². The van der Waals surface area contributed by atoms with E-state index in [0.29, 0.717) is 13.2 Å². The molecule has 1 aliphatic carbocycles. The maximum absolute atomic E-state index is 9.45. The summed E-state index contributed by atoms with van der Waals surface area (Å²) in [7, 11) is 0. The largest absolute Gasteiger partial charge is 0.486 e. The molecule has 0 amide bonds. The summed E-state index contributed by atoms with van der Waals surface area (Å²) in [5.41, 5.74) is 0.789. The smallest absolute Gasteiger partial charge is 0.161 e. The van der Waals surface area contributed by atoms with Gasteiger partial charge in [0.05, 0.1) is 11.5 Å². The quantitative estimate of drug-likeness (QED) is 0.743. The van der Waals surface area contributed by atoms with Gasteiger partial charge in [-0.1, -0.05) is 18.9 Å². The number of rotatable bonds is 1. The average molecular weight is 229 g/mol. The Morgan fingerprint density at radius 2 is 1.76 bits per heavy atom. The summed E-state index contributed by atoms with van der Waals surface area (Å²) < 4.78 is 11.1. The van der Waals surface area contributed by atoms with Gasteiger partial charge < -0.3 is 9.47 Å². The highest BCUT2D eigenvalue weighted by Crippen LogP contribution is 2.43. The third-order valence-electron chi connectivity index (χ3n) is 3.77. The van der Waals surface area contributed by atoms with Crippen molar-refractivity contribution >= 4 is 0 Å². The molecule has 1 fully saturated rings. The topological polar surface area (TPSA) is 42.2 Å². The van der Waals surface area contributed by atoms with E-state index < -0.39 is 0 Å². The van der Waals surface area contributed by atoms with Gasteiger partial charge in [0.15, 0.2) is 11.5 Å². The van der Waals surface area contributed by atoms with E-state index in [2.05, 4.69) is 6.07 Å². The van der Waals surface area contributed by atoms with Crippen molar-refractivity contribution < 1.29 is 9.47 Å². The second kappa shape index (κ2) is 3.96. The van der Waals surface area contributed by atoms with Gasteiger partial charge in [-0.05, 0) is 30.5 Å². The standard InChI is InChI=1S/C14H15NO2/c15-10-14(5-1-2-6-14)11-3-4-12-13(9-11)17-8-7-16-12/h3-4,9H,1-2,5-8H2. The Hall–Kier alpha value is -1.69. The Labute approximate surface area is 101 Å². The minimum absolute atomic E-state index is 0.296. The third kappa shape index (κ3) is 1.64. The summed E-state index contributed by atoms with van der Waals surface area (Å²) in [5.74, 6) is 1.58. The molecular formula is C14H15NO2. The van der Waals surface area contributed by atoms with E-state index in [0.717, 1.165) is 42.7 Å². The molecule has 0 atom stereocenters. The van der Waals surface area contributed by atoms with Crippen molar-refractivity contribution in [2.75, 3.05) is 13.2 Å². The van der Waals surface area contributed by atoms with E-state index >= 15 is 0 Å². The molecule has 1 heterocycles. The van der Waals surface area contributed by atoms with Crippen molar-refractivity contribution in [3.8, 4) is 17.6 Å². The van der Waals surface area contributed by atoms with Gasteiger partial charge in [-0.25, -0.2) is 0 Å². The zero-order chi connectivity index (χ0) is 11.7. The second-order valence-corrected chi connectivity index (χ2v) is 4.76. The van der Waals surface area contributed by atoms with Crippen molar-refractivity contribution in [3.63, 3.8) is 0 Å². The Balaban J connectivity index is 2.01. The maximum atomic E-state index is 9.45. The summed E-state index contributed by atoms with van der Waals surface area (Å²) >= 11 is 0. The van der Waals surface area contributed by atoms with Crippen LogP contribution in [-0.4, -0.2) is 13.2 Å². The van der Waals surface area contributed by atoms with Gasteiger partial charge in [0.2, 0.25) is 0 Å². The lowest BCUT2D eigenvalue weighted by molar-refractivity contribution is 0.171. The second-order valence-electron chi connectivity index (χ2n) is 4.76. The molecule has 0 saturated heterocycles. The molecule has 0 spiro atoms. The van der Waals surface area contributed by atoms with E-state index in [1.165, 1.54) is 0 Å². The van der Waals surface area contributed by atoms with Crippen LogP contribution in [-0.2, 0) is 5.41 Å². The van der Waals surface area contributed by atoms with Gasteiger partial charge in [-0.15, -0.1) is 0 Å². The Bertz CT molecular complexity index is 470. The van der Waals surface area contributed by atoms with Crippen LogP contribution in [0.3, 0.4) is 0 Å². The van der Waals surface area contributed by atoms with E-state index in [1.54, 1.807) is 0 Å². The van der Waals surface area contributed by atoms with Crippen LogP contribution in [0.5, 0.6) is 11.5 Å². The molecule has 3 heteroatoms. The molecule has 1 saturated carbocycles. The number of ether oxygens (including phenoxy) is 2. The van der Waals surface area contributed by atoms with Crippen molar-refractivity contribution in [2.45, 2.75) is 31.1 Å². The predicted molar refractivity (Wildman–Crippen MR) is 63.2 cm³/mol. The van der Waals surface area contributed by atoms with Crippen LogP contribution in [0.4, 0.5) is 0 Å². The van der Waals surface area contributed by atoms with Gasteiger partial charge in [0.25, 0.3) is 0 Å². The lowest BCUT2D eigenvalue weighted by Crippen LogP contribution is -2.21. The minimum Gasteiger partial charge on any atom is -0.486 e. The molecule has 1 aromatic carbocycles. The summed E-state index contributed by atoms with van der Waals surface area (Å²) in [6.07, 6.45) is 4.20. The highest BCUT2D eigenvalue weighted by atomic mass is 16.6. The molecular weight excluding hydrogens is 214 g/mol. The van der Waals surface area contributed by atoms with E-state index in [4.69, 9.17) is 9.47 Å². The fourth-order valence-corrected chi connectivity index (χ4v) is 2.78. The van der Waals surface area contributed by atoms with Crippen molar-refractivity contribution in [1.29, 1.82) is 5.26 Å². The number of nitrogens with zero attached hydrogens (tertiary/aromatic N) is 1. The lowest BCUT2D eigenvalue weighted by atomic mass is 9.80. The number of fused-ring (bicyclic) bond motifs is 1. The molecule has 17 heavy (non-hydrogen) atoms. The normalized spacial score (nSPS) is 20.9. The molecule has 1 aliphatic heterocycles. The van der Waals surface area contributed by atoms with Gasteiger partial charge in [0, 0.05) is 0 Å². The molecule has 2 aliphatic rings. The average Bonchev–Trinajstić information content (AvgIpc) is 2.88. The molecule has 0 N–H and O–H groups in total. The monoisotopic (exact) mass is 229 g/mol. The van der Waals surface area contributed by atoms with Crippen LogP contribution in [0.15, 0.2) is 18.2 Å². The molecule has 0 unspecified atom stereocenters. The molecule has 0 bridgehead atoms. The molecule has 3 rings (SSSR count). The van der Waals surface area contributed by atoms with E-state index in [9.17, 15) is 5.26 Å². The zero-order valence-corrected chi connectivity index (χ0v) is 9.74. The first kappa shape index (κ1) is 10.5. The van der Waals surface area contributed by atoms with Crippen LogP contribution in [0, 0.1) is 11.3 Å². The summed E-state index contributed by atoms with van der Waals surface area (Å²) in [5, 5.41) is 9.45. The van der Waals surface area contributed by atoms with Gasteiger partial charge in [-0.3, -0.25) is 0 Å². The first-order valence-corrected chi connectivity index (χ1v) is 6.15. The molecule has 88 valence electrons. The number of hydrogen-bond donors (Lipinski definition) is 0. The highest BCUT2D eigenvalue weighted by molar-refractivity contribution is 5.48. The highest BCUT2D eigenvalue weighted by Gasteiger charge is 2.36. The van der Waals surface area contributed by atoms with Crippen LogP contribution >= 0.6 is 0 Å².